The Balaban J connectivity index is 0. The quantitative estimate of drug-likeness (QED) is 0.492. The van der Waals surface area contributed by atoms with Crippen LogP contribution in [0.4, 0.5) is 0 Å². The molecule has 0 unspecified atom stereocenters. The molecule has 0 aromatic carbocycles. The van der Waals surface area contributed by atoms with Gasteiger partial charge >= 0.3 is 55.5 Å². The van der Waals surface area contributed by atoms with E-state index in [2.05, 4.69) is 0 Å². The van der Waals surface area contributed by atoms with E-state index < -0.39 is 14.8 Å². The summed E-state index contributed by atoms with van der Waals surface area (Å²) in [5.74, 6) is 0. The fraction of sp³-hybridized carbons (Fsp3) is 0. The number of rotatable bonds is 0. The molecule has 0 fully saturated rings. The minimum atomic E-state index is -1.44. The van der Waals surface area contributed by atoms with Crippen molar-refractivity contribution in [2.75, 3.05) is 0 Å². The molecule has 0 aliphatic heterocycles. The van der Waals surface area contributed by atoms with Crippen molar-refractivity contribution in [2.24, 2.45) is 0 Å². The van der Waals surface area contributed by atoms with Crippen molar-refractivity contribution in [3.8, 4) is 0 Å². The van der Waals surface area contributed by atoms with E-state index in [1.807, 2.05) is 0 Å². The van der Waals surface area contributed by atoms with E-state index in [-0.39, 0.29) is 31.0 Å². The molecule has 0 spiro atoms. The van der Waals surface area contributed by atoms with Gasteiger partial charge in [0.2, 0.25) is 0 Å². The van der Waals surface area contributed by atoms with Gasteiger partial charge in [0.1, 0.15) is 0 Å². The summed E-state index contributed by atoms with van der Waals surface area (Å²) in [6.45, 7) is 0. The van der Waals surface area contributed by atoms with Gasteiger partial charge in [-0.25, -0.2) is 0 Å². The molecule has 0 bridgehead atoms. The van der Waals surface area contributed by atoms with Crippen LogP contribution in [-0.2, 0) is 55.5 Å². The first-order valence-electron chi connectivity index (χ1n) is 0.544. The molecular formula is MnO3Y. The molecule has 0 aliphatic rings. The maximum absolute atomic E-state index is 8.41. The third-order valence-corrected chi connectivity index (χ3v) is 0. The Labute approximate surface area is 55.1 Å². The first-order chi connectivity index (χ1) is 2.41. The van der Waals surface area contributed by atoms with Gasteiger partial charge in [-0.15, -0.1) is 0 Å². The van der Waals surface area contributed by atoms with Crippen molar-refractivity contribution in [2.45, 2.75) is 0 Å². The molecular weight excluding hydrogens is 192 g/mol. The van der Waals surface area contributed by atoms with E-state index in [0.717, 1.165) is 0 Å². The monoisotopic (exact) mass is 192 g/mol. The molecule has 0 saturated carbocycles. The van der Waals surface area contributed by atoms with Crippen LogP contribution in [0, 0.1) is 0 Å². The average molecular weight is 192 g/mol. The molecule has 0 atom stereocenters. The van der Waals surface area contributed by atoms with Crippen LogP contribution >= 0.6 is 0 Å². The summed E-state index contributed by atoms with van der Waals surface area (Å²) < 4.78 is 25.2. The molecule has 0 saturated heterocycles. The Morgan fingerprint density at radius 1 is 1.20 bits per heavy atom. The summed E-state index contributed by atoms with van der Waals surface area (Å²) in [7, 11) is 0. The summed E-state index contributed by atoms with van der Waals surface area (Å²) in [4.78, 5) is 0. The van der Waals surface area contributed by atoms with Crippen molar-refractivity contribution >= 4 is 0 Å². The van der Waals surface area contributed by atoms with Crippen molar-refractivity contribution in [1.29, 1.82) is 0 Å². The van der Waals surface area contributed by atoms with E-state index >= 15 is 0 Å². The summed E-state index contributed by atoms with van der Waals surface area (Å²) in [6.07, 6.45) is 0. The normalized spacial score (nSPS) is 3.60. The van der Waals surface area contributed by atoms with Crippen molar-refractivity contribution in [3.05, 3.63) is 0 Å². The predicted octanol–water partition coefficient (Wildman–Crippen LogP) is -0.361. The van der Waals surface area contributed by atoms with Crippen LogP contribution in [0.3, 0.4) is 0 Å². The second kappa shape index (κ2) is 19.9. The molecule has 0 radical (unpaired) electrons. The first-order valence-corrected chi connectivity index (χ1v) is 2.67. The Morgan fingerprint density at radius 3 is 1.20 bits per heavy atom. The molecule has 3 nitrogen and oxygen atoms in total. The van der Waals surface area contributed by atoms with Gasteiger partial charge in [0.15, 0.2) is 0 Å². The zero-order valence-corrected chi connectivity index (χ0v) is 6.20. The summed E-state index contributed by atoms with van der Waals surface area (Å²) in [5, 5.41) is 0. The number of hydrogen-bond acceptors (Lipinski definition) is 3. The van der Waals surface area contributed by atoms with Gasteiger partial charge in [-0.1, -0.05) is 0 Å². The van der Waals surface area contributed by atoms with Crippen molar-refractivity contribution in [1.82, 2.24) is 0 Å². The minimum absolute atomic E-state index is 0.100. The number of hydrogen-bond donors (Lipinski definition) is 0. The molecule has 0 aromatic rings. The van der Waals surface area contributed by atoms with E-state index in [4.69, 9.17) is 9.71 Å². The second-order valence-electron chi connectivity index (χ2n) is 0.0630. The van der Waals surface area contributed by atoms with Crippen LogP contribution in [0.15, 0.2) is 0 Å². The Hall–Kier alpha value is 1.02. The van der Waals surface area contributed by atoms with Gasteiger partial charge < -0.3 is 0 Å². The topological polar surface area (TPSA) is 51.2 Å². The summed E-state index contributed by atoms with van der Waals surface area (Å²) in [6, 6.07) is 0. The standard InChI is InChI=1S/Mn.3O.Y. The van der Waals surface area contributed by atoms with Gasteiger partial charge in [-0.2, -0.15) is 0 Å². The fourth-order valence-corrected chi connectivity index (χ4v) is 0. The predicted molar refractivity (Wildman–Crippen MR) is 2.06 cm³/mol. The molecule has 0 aromatic heterocycles. The van der Waals surface area contributed by atoms with E-state index in [0.29, 0.717) is 0 Å². The third kappa shape index (κ3) is 43.8. The fourth-order valence-electron chi connectivity index (χ4n) is 0. The zero-order chi connectivity index (χ0) is 4.71. The van der Waals surface area contributed by atoms with Gasteiger partial charge in [0.05, 0.1) is 0 Å². The van der Waals surface area contributed by atoms with E-state index in [9.17, 15) is 0 Å². The molecule has 5 heavy (non-hydrogen) atoms. The van der Waals surface area contributed by atoms with E-state index in [1.54, 1.807) is 0 Å². The van der Waals surface area contributed by atoms with Gasteiger partial charge in [-0.05, 0) is 0 Å². The molecule has 28 valence electrons. The Bertz CT molecular complexity index is 36.2. The van der Waals surface area contributed by atoms with E-state index in [1.165, 1.54) is 0 Å². The molecule has 0 amide bonds. The Morgan fingerprint density at radius 2 is 1.20 bits per heavy atom. The van der Waals surface area contributed by atoms with Crippen molar-refractivity contribution < 1.29 is 55.5 Å². The first kappa shape index (κ1) is 9.39. The zero-order valence-electron chi connectivity index (χ0n) is 2.18. The van der Waals surface area contributed by atoms with Crippen molar-refractivity contribution in [3.63, 3.8) is 0 Å². The van der Waals surface area contributed by atoms with Crippen LogP contribution in [0.5, 0.6) is 0 Å². The van der Waals surface area contributed by atoms with Crippen LogP contribution in [0.25, 0.3) is 0 Å². The SMILES string of the molecule is [O]=[Mn]=[O].[O]=[Y]. The van der Waals surface area contributed by atoms with Gasteiger partial charge in [0.25, 0.3) is 0 Å². The molecule has 0 N–H and O–H groups in total. The molecule has 0 heterocycles. The van der Waals surface area contributed by atoms with Crippen LogP contribution < -0.4 is 0 Å². The summed E-state index contributed by atoms with van der Waals surface area (Å²) >= 11 is -1.34. The van der Waals surface area contributed by atoms with Gasteiger partial charge in [0, 0.05) is 0 Å². The molecule has 5 heteroatoms. The van der Waals surface area contributed by atoms with Gasteiger partial charge in [-0.3, -0.25) is 0 Å². The molecule has 0 aliphatic carbocycles. The second-order valence-corrected chi connectivity index (χ2v) is 0.260. The summed E-state index contributed by atoms with van der Waals surface area (Å²) in [5.41, 5.74) is 0. The van der Waals surface area contributed by atoms with Crippen LogP contribution in [0.1, 0.15) is 0 Å². The third-order valence-electron chi connectivity index (χ3n) is 0. The van der Waals surface area contributed by atoms with Crippen LogP contribution in [-0.4, -0.2) is 0 Å². The maximum atomic E-state index is 8.41. The molecule has 0 rings (SSSR count). The van der Waals surface area contributed by atoms with Crippen LogP contribution in [0.2, 0.25) is 0 Å². The Kier molecular flexibility index (Phi) is 37.3. The average Bonchev–Trinajstić information content (AvgIpc) is 1.46.